The minimum atomic E-state index is 0.422. The second-order valence-electron chi connectivity index (χ2n) is 4.20. The average molecular weight is 214 g/mol. The normalized spacial score (nSPS) is 21.1. The van der Waals surface area contributed by atoms with Crippen molar-refractivity contribution in [2.45, 2.75) is 18.8 Å². The smallest absolute Gasteiger partial charge is 0.155 e. The quantitative estimate of drug-likeness (QED) is 0.781. The molecule has 0 radical (unpaired) electrons. The van der Waals surface area contributed by atoms with E-state index in [1.165, 1.54) is 6.42 Å². The number of fused-ring (bicyclic) bond motifs is 1. The summed E-state index contributed by atoms with van der Waals surface area (Å²) in [5, 5.41) is 11.8. The molecule has 1 fully saturated rings. The summed E-state index contributed by atoms with van der Waals surface area (Å²) in [5.41, 5.74) is 1.81. The lowest BCUT2D eigenvalue weighted by Crippen LogP contribution is -2.29. The number of aromatic nitrogens is 3. The number of hydrogen-bond donors (Lipinski definition) is 1. The first-order valence-corrected chi connectivity index (χ1v) is 5.73. The van der Waals surface area contributed by atoms with E-state index < -0.39 is 0 Å². The molecule has 1 aliphatic heterocycles. The molecule has 2 aromatic rings. The third-order valence-corrected chi connectivity index (χ3v) is 3.04. The Labute approximate surface area is 94.1 Å². The van der Waals surface area contributed by atoms with Gasteiger partial charge in [0.2, 0.25) is 0 Å². The van der Waals surface area contributed by atoms with Gasteiger partial charge in [-0.3, -0.25) is 0 Å². The van der Waals surface area contributed by atoms with Crippen LogP contribution in [0.15, 0.2) is 24.3 Å². The lowest BCUT2D eigenvalue weighted by molar-refractivity contribution is 0.444. The van der Waals surface area contributed by atoms with Gasteiger partial charge in [-0.2, -0.15) is 0 Å². The predicted molar refractivity (Wildman–Crippen MR) is 62.2 cm³/mol. The van der Waals surface area contributed by atoms with E-state index in [4.69, 9.17) is 0 Å². The number of piperidine rings is 1. The maximum absolute atomic E-state index is 4.59. The molecular formula is C12H14N4. The number of benzene rings is 1. The Balaban J connectivity index is 1.97. The van der Waals surface area contributed by atoms with Crippen LogP contribution in [0.3, 0.4) is 0 Å². The zero-order valence-electron chi connectivity index (χ0n) is 9.06. The molecule has 3 rings (SSSR count). The maximum Gasteiger partial charge on any atom is 0.155 e. The molecule has 2 heterocycles. The molecule has 4 nitrogen and oxygen atoms in total. The molecule has 0 saturated carbocycles. The highest BCUT2D eigenvalue weighted by Gasteiger charge is 2.18. The molecule has 1 aromatic carbocycles. The van der Waals surface area contributed by atoms with E-state index in [9.17, 15) is 0 Å². The molecule has 82 valence electrons. The van der Waals surface area contributed by atoms with Crippen LogP contribution in [-0.4, -0.2) is 28.3 Å². The van der Waals surface area contributed by atoms with Gasteiger partial charge in [0, 0.05) is 12.5 Å². The number of nitrogens with one attached hydrogen (secondary N) is 1. The fraction of sp³-hybridized carbons (Fsp3) is 0.417. The summed E-state index contributed by atoms with van der Waals surface area (Å²) in [6, 6.07) is 7.88. The van der Waals surface area contributed by atoms with Crippen molar-refractivity contribution in [3.05, 3.63) is 30.1 Å². The van der Waals surface area contributed by atoms with Crippen LogP contribution in [0.4, 0.5) is 0 Å². The summed E-state index contributed by atoms with van der Waals surface area (Å²) in [4.78, 5) is 4.59. The highest BCUT2D eigenvalue weighted by molar-refractivity contribution is 5.72. The van der Waals surface area contributed by atoms with Crippen molar-refractivity contribution < 1.29 is 0 Å². The highest BCUT2D eigenvalue weighted by Crippen LogP contribution is 2.20. The van der Waals surface area contributed by atoms with Crippen LogP contribution < -0.4 is 5.32 Å². The van der Waals surface area contributed by atoms with Gasteiger partial charge in [0.25, 0.3) is 0 Å². The Morgan fingerprint density at radius 2 is 2.00 bits per heavy atom. The minimum absolute atomic E-state index is 0.422. The Bertz CT molecular complexity index is 491. The van der Waals surface area contributed by atoms with Gasteiger partial charge in [0.1, 0.15) is 5.52 Å². The van der Waals surface area contributed by atoms with E-state index in [1.807, 2.05) is 24.3 Å². The largest absolute Gasteiger partial charge is 0.316 e. The molecule has 1 N–H and O–H groups in total. The second kappa shape index (κ2) is 4.14. The van der Waals surface area contributed by atoms with Gasteiger partial charge in [-0.1, -0.05) is 12.1 Å². The number of rotatable bonds is 1. The van der Waals surface area contributed by atoms with E-state index in [0.29, 0.717) is 5.92 Å². The first-order chi connectivity index (χ1) is 7.93. The minimum Gasteiger partial charge on any atom is -0.316 e. The maximum atomic E-state index is 4.59. The highest BCUT2D eigenvalue weighted by atomic mass is 15.2. The fourth-order valence-electron chi connectivity index (χ4n) is 2.14. The molecule has 0 amide bonds. The van der Waals surface area contributed by atoms with Crippen LogP contribution in [0.25, 0.3) is 11.0 Å². The molecule has 16 heavy (non-hydrogen) atoms. The van der Waals surface area contributed by atoms with E-state index in [0.717, 1.165) is 36.4 Å². The van der Waals surface area contributed by atoms with E-state index >= 15 is 0 Å². The molecule has 1 aromatic heterocycles. The van der Waals surface area contributed by atoms with Crippen LogP contribution in [0.1, 0.15) is 24.6 Å². The average Bonchev–Trinajstić information content (AvgIpc) is 2.39. The molecule has 1 aliphatic rings. The van der Waals surface area contributed by atoms with Crippen molar-refractivity contribution in [3.63, 3.8) is 0 Å². The van der Waals surface area contributed by atoms with Gasteiger partial charge in [0.15, 0.2) is 5.82 Å². The van der Waals surface area contributed by atoms with Crippen molar-refractivity contribution in [3.8, 4) is 0 Å². The van der Waals surface area contributed by atoms with Crippen LogP contribution >= 0.6 is 0 Å². The molecule has 0 bridgehead atoms. The monoisotopic (exact) mass is 214 g/mol. The predicted octanol–water partition coefficient (Wildman–Crippen LogP) is 1.49. The molecule has 0 spiro atoms. The third kappa shape index (κ3) is 1.76. The van der Waals surface area contributed by atoms with Crippen molar-refractivity contribution in [1.82, 2.24) is 20.5 Å². The van der Waals surface area contributed by atoms with Crippen molar-refractivity contribution in [2.24, 2.45) is 0 Å². The lowest BCUT2D eigenvalue weighted by Gasteiger charge is -2.20. The van der Waals surface area contributed by atoms with Crippen LogP contribution in [0, 0.1) is 0 Å². The van der Waals surface area contributed by atoms with Gasteiger partial charge >= 0.3 is 0 Å². The van der Waals surface area contributed by atoms with Gasteiger partial charge in [-0.25, -0.2) is 4.98 Å². The summed E-state index contributed by atoms with van der Waals surface area (Å²) in [5.74, 6) is 1.30. The summed E-state index contributed by atoms with van der Waals surface area (Å²) in [6.07, 6.45) is 2.36. The Morgan fingerprint density at radius 1 is 1.12 bits per heavy atom. The van der Waals surface area contributed by atoms with Crippen molar-refractivity contribution in [2.75, 3.05) is 13.1 Å². The van der Waals surface area contributed by atoms with Crippen LogP contribution in [0.5, 0.6) is 0 Å². The molecule has 4 heteroatoms. The number of para-hydroxylation sites is 1. The summed E-state index contributed by atoms with van der Waals surface area (Å²) < 4.78 is 0. The molecule has 1 unspecified atom stereocenters. The van der Waals surface area contributed by atoms with Gasteiger partial charge in [-0.15, -0.1) is 10.2 Å². The molecular weight excluding hydrogens is 200 g/mol. The summed E-state index contributed by atoms with van der Waals surface area (Å²) in [6.45, 7) is 2.08. The molecule has 1 saturated heterocycles. The van der Waals surface area contributed by atoms with Gasteiger partial charge in [0.05, 0.1) is 5.52 Å². The number of nitrogens with zero attached hydrogens (tertiary/aromatic N) is 3. The molecule has 1 atom stereocenters. The van der Waals surface area contributed by atoms with Crippen molar-refractivity contribution in [1.29, 1.82) is 0 Å². The Hall–Kier alpha value is -1.55. The van der Waals surface area contributed by atoms with Crippen LogP contribution in [-0.2, 0) is 0 Å². The Kier molecular flexibility index (Phi) is 2.50. The lowest BCUT2D eigenvalue weighted by atomic mass is 9.99. The zero-order valence-corrected chi connectivity index (χ0v) is 9.06. The first-order valence-electron chi connectivity index (χ1n) is 5.73. The summed E-state index contributed by atoms with van der Waals surface area (Å²) in [7, 11) is 0. The zero-order chi connectivity index (χ0) is 10.8. The Morgan fingerprint density at radius 3 is 2.81 bits per heavy atom. The second-order valence-corrected chi connectivity index (χ2v) is 4.20. The van der Waals surface area contributed by atoms with Crippen LogP contribution in [0.2, 0.25) is 0 Å². The van der Waals surface area contributed by atoms with E-state index in [2.05, 4.69) is 20.5 Å². The fourth-order valence-corrected chi connectivity index (χ4v) is 2.14. The number of hydrogen-bond acceptors (Lipinski definition) is 4. The summed E-state index contributed by atoms with van der Waals surface area (Å²) >= 11 is 0. The third-order valence-electron chi connectivity index (χ3n) is 3.04. The van der Waals surface area contributed by atoms with E-state index in [1.54, 1.807) is 0 Å². The topological polar surface area (TPSA) is 50.7 Å². The standard InChI is InChI=1S/C12H14N4/c1-2-6-11-10(5-1)14-12(16-15-11)9-4-3-7-13-8-9/h1-2,5-6,9,13H,3-4,7-8H2. The van der Waals surface area contributed by atoms with Gasteiger partial charge in [-0.05, 0) is 31.5 Å². The van der Waals surface area contributed by atoms with Crippen molar-refractivity contribution >= 4 is 11.0 Å². The molecule has 0 aliphatic carbocycles. The van der Waals surface area contributed by atoms with Gasteiger partial charge < -0.3 is 5.32 Å². The van der Waals surface area contributed by atoms with E-state index in [-0.39, 0.29) is 0 Å². The SMILES string of the molecule is c1ccc2nc(C3CCCNC3)nnc2c1. The first kappa shape index (κ1) is 9.66.